The van der Waals surface area contributed by atoms with Crippen molar-refractivity contribution in [2.75, 3.05) is 26.9 Å². The Morgan fingerprint density at radius 3 is 2.58 bits per heavy atom. The number of halogens is 4. The van der Waals surface area contributed by atoms with Crippen LogP contribution in [-0.4, -0.2) is 68.5 Å². The summed E-state index contributed by atoms with van der Waals surface area (Å²) in [6.07, 6.45) is -7.15. The van der Waals surface area contributed by atoms with E-state index in [0.29, 0.717) is 6.61 Å². The number of ketones is 1. The monoisotopic (exact) mass is 356 g/mol. The highest BCUT2D eigenvalue weighted by molar-refractivity contribution is 5.89. The van der Waals surface area contributed by atoms with Crippen LogP contribution in [-0.2, 0) is 23.7 Å². The molecular weight excluding hydrogens is 336 g/mol. The summed E-state index contributed by atoms with van der Waals surface area (Å²) < 4.78 is 71.0. The predicted octanol–water partition coefficient (Wildman–Crippen LogP) is 1.82. The molecule has 24 heavy (non-hydrogen) atoms. The molecule has 0 aromatic carbocycles. The number of rotatable bonds is 6. The van der Waals surface area contributed by atoms with E-state index < -0.39 is 48.0 Å². The number of methoxy groups -OCH3 is 1. The molecule has 0 radical (unpaired) electrons. The second-order valence-corrected chi connectivity index (χ2v) is 6.81. The molecule has 6 atom stereocenters. The van der Waals surface area contributed by atoms with Gasteiger partial charge in [0, 0.05) is 20.1 Å². The van der Waals surface area contributed by atoms with Crippen molar-refractivity contribution in [3.8, 4) is 0 Å². The molecule has 2 heterocycles. The summed E-state index contributed by atoms with van der Waals surface area (Å²) in [6.45, 7) is 0.655. The lowest BCUT2D eigenvalue weighted by Gasteiger charge is -2.38. The van der Waals surface area contributed by atoms with Gasteiger partial charge in [0.15, 0.2) is 12.0 Å². The van der Waals surface area contributed by atoms with Gasteiger partial charge in [0.05, 0.1) is 18.6 Å². The number of alkyl halides is 4. The summed E-state index contributed by atoms with van der Waals surface area (Å²) in [6, 6.07) is 0. The van der Waals surface area contributed by atoms with Gasteiger partial charge in [-0.25, -0.2) is 4.39 Å². The lowest BCUT2D eigenvalue weighted by molar-refractivity contribution is -0.174. The van der Waals surface area contributed by atoms with Gasteiger partial charge in [0.1, 0.15) is 23.9 Å². The Bertz CT molecular complexity index is 507. The Morgan fingerprint density at radius 2 is 2.04 bits per heavy atom. The van der Waals surface area contributed by atoms with Crippen LogP contribution >= 0.6 is 0 Å². The van der Waals surface area contributed by atoms with Gasteiger partial charge in [-0.1, -0.05) is 0 Å². The van der Waals surface area contributed by atoms with E-state index in [4.69, 9.17) is 14.2 Å². The summed E-state index contributed by atoms with van der Waals surface area (Å²) in [5.41, 5.74) is -1.58. The zero-order valence-corrected chi connectivity index (χ0v) is 13.4. The molecule has 9 heteroatoms. The van der Waals surface area contributed by atoms with Crippen LogP contribution in [0.1, 0.15) is 19.8 Å². The van der Waals surface area contributed by atoms with Crippen LogP contribution < -0.4 is 0 Å². The van der Waals surface area contributed by atoms with Gasteiger partial charge in [0.2, 0.25) is 0 Å². The summed E-state index contributed by atoms with van der Waals surface area (Å²) in [5.74, 6) is -1.12. The number of carbonyl (C=O) groups is 1. The molecule has 1 saturated carbocycles. The number of ether oxygens (including phenoxy) is 4. The summed E-state index contributed by atoms with van der Waals surface area (Å²) in [5, 5.41) is 0. The molecule has 0 aromatic rings. The van der Waals surface area contributed by atoms with E-state index in [1.165, 1.54) is 7.11 Å². The molecule has 2 saturated heterocycles. The maximum absolute atomic E-state index is 13.9. The topological polar surface area (TPSA) is 60.6 Å². The third-order valence-corrected chi connectivity index (χ3v) is 5.14. The van der Waals surface area contributed by atoms with Gasteiger partial charge in [-0.15, -0.1) is 0 Å². The van der Waals surface area contributed by atoms with Gasteiger partial charge in [-0.2, -0.15) is 13.2 Å². The van der Waals surface area contributed by atoms with Crippen LogP contribution in [0.25, 0.3) is 0 Å². The van der Waals surface area contributed by atoms with Gasteiger partial charge in [0.25, 0.3) is 0 Å². The first-order valence-electron chi connectivity index (χ1n) is 7.80. The Hall–Kier alpha value is -0.770. The Kier molecular flexibility index (Phi) is 4.43. The molecule has 3 fully saturated rings. The minimum absolute atomic E-state index is 0.0351. The van der Waals surface area contributed by atoms with E-state index in [-0.39, 0.29) is 25.6 Å². The Labute approximate surface area is 136 Å². The third kappa shape index (κ3) is 3.18. The zero-order chi connectivity index (χ0) is 17.8. The molecule has 1 aliphatic carbocycles. The highest BCUT2D eigenvalue weighted by Crippen LogP contribution is 2.58. The van der Waals surface area contributed by atoms with E-state index in [0.717, 1.165) is 0 Å². The smallest absolute Gasteiger partial charge is 0.373 e. The first-order chi connectivity index (χ1) is 11.1. The average molecular weight is 356 g/mol. The van der Waals surface area contributed by atoms with Crippen LogP contribution in [0.5, 0.6) is 0 Å². The maximum atomic E-state index is 13.9. The number of Topliss-reactive ketones (excluding diaryl/α,β-unsaturated/α-hetero) is 1. The van der Waals surface area contributed by atoms with Crippen molar-refractivity contribution in [1.29, 1.82) is 0 Å². The molecule has 1 unspecified atom stereocenters. The quantitative estimate of drug-likeness (QED) is 0.413. The first-order valence-corrected chi connectivity index (χ1v) is 7.80. The van der Waals surface area contributed by atoms with E-state index >= 15 is 0 Å². The third-order valence-electron chi connectivity index (χ3n) is 5.14. The van der Waals surface area contributed by atoms with Crippen molar-refractivity contribution in [3.63, 3.8) is 0 Å². The molecule has 1 spiro atoms. The van der Waals surface area contributed by atoms with Gasteiger partial charge in [-0.3, -0.25) is 4.79 Å². The number of carbonyl (C=O) groups excluding carboxylic acids is 1. The Morgan fingerprint density at radius 1 is 1.38 bits per heavy atom. The van der Waals surface area contributed by atoms with E-state index in [1.807, 2.05) is 0 Å². The summed E-state index contributed by atoms with van der Waals surface area (Å²) in [7, 11) is 1.33. The highest BCUT2D eigenvalue weighted by Gasteiger charge is 2.73. The van der Waals surface area contributed by atoms with Crippen LogP contribution in [0, 0.1) is 5.92 Å². The lowest BCUT2D eigenvalue weighted by Crippen LogP contribution is -2.56. The van der Waals surface area contributed by atoms with E-state index in [1.54, 1.807) is 6.92 Å². The fourth-order valence-corrected chi connectivity index (χ4v) is 3.88. The molecule has 0 N–H and O–H groups in total. The van der Waals surface area contributed by atoms with Crippen molar-refractivity contribution in [2.45, 2.75) is 55.5 Å². The molecule has 2 aliphatic heterocycles. The fraction of sp³-hybridized carbons (Fsp3) is 0.933. The molecule has 0 bridgehead atoms. The summed E-state index contributed by atoms with van der Waals surface area (Å²) in [4.78, 5) is 12.1. The molecule has 0 amide bonds. The normalized spacial score (nSPS) is 44.8. The SMILES string of the molecule is CO[C@@H]1C(=O)C(F)C[C@]2(CO2)[C@H]1[C@@]1(C)O[C@@H]1CCOCC(F)(F)F. The van der Waals surface area contributed by atoms with Crippen LogP contribution in [0.2, 0.25) is 0 Å². The summed E-state index contributed by atoms with van der Waals surface area (Å²) >= 11 is 0. The number of epoxide rings is 2. The van der Waals surface area contributed by atoms with Gasteiger partial charge in [-0.05, 0) is 13.3 Å². The maximum Gasteiger partial charge on any atom is 0.411 e. The van der Waals surface area contributed by atoms with Crippen molar-refractivity contribution in [3.05, 3.63) is 0 Å². The Balaban J connectivity index is 1.62. The van der Waals surface area contributed by atoms with E-state index in [2.05, 4.69) is 4.74 Å². The minimum atomic E-state index is -4.37. The van der Waals surface area contributed by atoms with Crippen LogP contribution in [0.15, 0.2) is 0 Å². The van der Waals surface area contributed by atoms with Crippen molar-refractivity contribution >= 4 is 5.78 Å². The molecule has 0 aromatic heterocycles. The number of hydrogen-bond donors (Lipinski definition) is 0. The molecule has 5 nitrogen and oxygen atoms in total. The van der Waals surface area contributed by atoms with Crippen LogP contribution in [0.3, 0.4) is 0 Å². The van der Waals surface area contributed by atoms with Crippen LogP contribution in [0.4, 0.5) is 17.6 Å². The van der Waals surface area contributed by atoms with Crippen molar-refractivity contribution in [1.82, 2.24) is 0 Å². The van der Waals surface area contributed by atoms with E-state index in [9.17, 15) is 22.4 Å². The number of hydrogen-bond acceptors (Lipinski definition) is 5. The minimum Gasteiger partial charge on any atom is -0.373 e. The van der Waals surface area contributed by atoms with Gasteiger partial charge < -0.3 is 18.9 Å². The fourth-order valence-electron chi connectivity index (χ4n) is 3.88. The van der Waals surface area contributed by atoms with Crippen molar-refractivity contribution < 1.29 is 41.3 Å². The lowest BCUT2D eigenvalue weighted by atomic mass is 9.68. The second-order valence-electron chi connectivity index (χ2n) is 6.81. The standard InChI is InChI=1S/C15H20F4O5/c1-13(9(24-13)3-4-22-7-15(17,18)19)12-11(21-2)10(20)8(16)5-14(12)6-23-14/h8-9,11-12H,3-7H2,1-2H3/t8?,9-,11-,12-,13+,14+/m1/s1. The first kappa shape index (κ1) is 18.0. The van der Waals surface area contributed by atoms with Gasteiger partial charge >= 0.3 is 6.18 Å². The molecule has 3 aliphatic rings. The van der Waals surface area contributed by atoms with Crippen molar-refractivity contribution in [2.24, 2.45) is 5.92 Å². The predicted molar refractivity (Wildman–Crippen MR) is 72.3 cm³/mol. The average Bonchev–Trinajstić information content (AvgIpc) is 3.37. The zero-order valence-electron chi connectivity index (χ0n) is 13.4. The largest absolute Gasteiger partial charge is 0.411 e. The molecule has 138 valence electrons. The molecule has 3 rings (SSSR count). The molecular formula is C15H20F4O5. The second kappa shape index (κ2) is 5.89. The highest BCUT2D eigenvalue weighted by atomic mass is 19.4.